The molecular weight excluding hydrogens is 218 g/mol. The first-order valence-electron chi connectivity index (χ1n) is 4.76. The number of hydrogen-bond acceptors (Lipinski definition) is 4. The zero-order valence-electron chi connectivity index (χ0n) is 10.5. The number of carbonyl (C=O) groups is 1. The van der Waals surface area contributed by atoms with E-state index in [4.69, 9.17) is 9.35 Å². The highest BCUT2D eigenvalue weighted by Gasteiger charge is 2.05. The van der Waals surface area contributed by atoms with Crippen LogP contribution in [-0.4, -0.2) is 32.1 Å². The fraction of sp³-hybridized carbons (Fsp3) is 0.889. The highest BCUT2D eigenvalue weighted by atomic mass is 32.2. The molecule has 0 saturated heterocycles. The summed E-state index contributed by atoms with van der Waals surface area (Å²) in [7, 11) is -2.22. The van der Waals surface area contributed by atoms with Crippen LogP contribution >= 0.6 is 0 Å². The summed E-state index contributed by atoms with van der Waals surface area (Å²) in [6, 6.07) is 0. The maximum atomic E-state index is 10.00. The molecule has 15 heavy (non-hydrogen) atoms. The molecule has 0 bridgehead atoms. The summed E-state index contributed by atoms with van der Waals surface area (Å²) < 4.78 is 28.2. The Morgan fingerprint density at radius 3 is 1.47 bits per heavy atom. The van der Waals surface area contributed by atoms with Gasteiger partial charge in [0.1, 0.15) is 6.29 Å². The van der Waals surface area contributed by atoms with Crippen LogP contribution in [0.1, 0.15) is 34.6 Å². The predicted octanol–water partition coefficient (Wildman–Crippen LogP) is 1.34. The number of rotatable bonds is 2. The fourth-order valence-electron chi connectivity index (χ4n) is 0.421. The molecule has 0 rings (SSSR count). The van der Waals surface area contributed by atoms with E-state index in [9.17, 15) is 8.42 Å². The van der Waals surface area contributed by atoms with Gasteiger partial charge in [0, 0.05) is 0 Å². The second-order valence-electron chi connectivity index (χ2n) is 2.38. The molecule has 0 radical (unpaired) electrons. The van der Waals surface area contributed by atoms with Crippen molar-refractivity contribution in [2.24, 2.45) is 11.7 Å². The zero-order valence-corrected chi connectivity index (χ0v) is 11.3. The summed E-state index contributed by atoms with van der Waals surface area (Å²) in [6.07, 6.45) is 0.750. The second kappa shape index (κ2) is 19.2. The molecule has 0 aliphatic heterocycles. The molecule has 0 saturated carbocycles. The lowest BCUT2D eigenvalue weighted by Crippen LogP contribution is -2.09. The minimum atomic E-state index is -3.72. The van der Waals surface area contributed by atoms with Crippen molar-refractivity contribution in [1.82, 2.24) is 0 Å². The summed E-state index contributed by atoms with van der Waals surface area (Å²) in [6.45, 7) is 8.90. The van der Waals surface area contributed by atoms with E-state index in [2.05, 4.69) is 5.73 Å². The Bertz CT molecular complexity index is 188. The van der Waals surface area contributed by atoms with Crippen LogP contribution in [0.5, 0.6) is 0 Å². The molecule has 6 heteroatoms. The van der Waals surface area contributed by atoms with Gasteiger partial charge in [-0.1, -0.05) is 27.7 Å². The highest BCUT2D eigenvalue weighted by molar-refractivity contribution is 7.85. The van der Waals surface area contributed by atoms with Crippen LogP contribution in [0.4, 0.5) is 0 Å². The van der Waals surface area contributed by atoms with Crippen LogP contribution in [0.3, 0.4) is 0 Å². The largest absolute Gasteiger partial charge is 0.333 e. The molecule has 0 aromatic rings. The summed E-state index contributed by atoms with van der Waals surface area (Å²) in [5, 5.41) is 0. The maximum absolute atomic E-state index is 10.00. The lowest BCUT2D eigenvalue weighted by atomic mass is 10.3. The van der Waals surface area contributed by atoms with Crippen molar-refractivity contribution >= 4 is 16.4 Å². The fourth-order valence-corrected chi connectivity index (χ4v) is 1.26. The van der Waals surface area contributed by atoms with Gasteiger partial charge in [-0.05, 0) is 19.9 Å². The minimum Gasteiger partial charge on any atom is -0.333 e. The van der Waals surface area contributed by atoms with Crippen molar-refractivity contribution in [2.45, 2.75) is 34.6 Å². The first kappa shape index (κ1) is 24.0. The van der Waals surface area contributed by atoms with Crippen molar-refractivity contribution < 1.29 is 17.8 Å². The number of hydrogen-bond donors (Lipinski definition) is 2. The molecule has 0 aliphatic rings. The number of nitrogens with two attached hydrogens (primary N) is 1. The molecule has 0 fully saturated rings. The van der Waals surface area contributed by atoms with E-state index in [0.717, 1.165) is 6.29 Å². The predicted molar refractivity (Wildman–Crippen MR) is 64.5 cm³/mol. The summed E-state index contributed by atoms with van der Waals surface area (Å²) in [5.74, 6) is -0.141. The van der Waals surface area contributed by atoms with Gasteiger partial charge < -0.3 is 10.5 Å². The maximum Gasteiger partial charge on any atom is 0.265 e. The van der Waals surface area contributed by atoms with Crippen molar-refractivity contribution in [2.75, 3.05) is 12.8 Å². The Labute approximate surface area is 93.8 Å². The Kier molecular flexibility index (Phi) is 30.7. The van der Waals surface area contributed by atoms with E-state index >= 15 is 0 Å². The standard InChI is InChI=1S/C4H10O3S.C2H4O.C2H6.CH5N/c1-4(2)3-8(5,6)7;1-2-3;2*1-2/h4H,3H2,1-2H3,(H,5,6,7);2H,1H3;1-2H3;2H2,1H3. The van der Waals surface area contributed by atoms with Gasteiger partial charge in [-0.15, -0.1) is 0 Å². The summed E-state index contributed by atoms with van der Waals surface area (Å²) in [4.78, 5) is 8.81. The van der Waals surface area contributed by atoms with E-state index in [0.29, 0.717) is 0 Å². The van der Waals surface area contributed by atoms with E-state index in [1.165, 1.54) is 14.0 Å². The van der Waals surface area contributed by atoms with Crippen molar-refractivity contribution in [1.29, 1.82) is 0 Å². The topological polar surface area (TPSA) is 97.5 Å². The van der Waals surface area contributed by atoms with Crippen LogP contribution < -0.4 is 5.73 Å². The first-order chi connectivity index (χ1) is 6.83. The SMILES string of the molecule is CC.CC(C)CS(=O)(=O)O.CC=O.CN. The average Bonchev–Trinajstić information content (AvgIpc) is 2.08. The minimum absolute atomic E-state index is 0.00463. The summed E-state index contributed by atoms with van der Waals surface area (Å²) in [5.41, 5.74) is 4.50. The van der Waals surface area contributed by atoms with Crippen LogP contribution in [0.25, 0.3) is 0 Å². The number of aldehydes is 1. The Hall–Kier alpha value is -0.460. The third-order valence-corrected chi connectivity index (χ3v) is 1.63. The molecule has 0 unspecified atom stereocenters. The van der Waals surface area contributed by atoms with Crippen LogP contribution in [0.2, 0.25) is 0 Å². The zero-order chi connectivity index (χ0) is 13.5. The Morgan fingerprint density at radius 2 is 1.47 bits per heavy atom. The molecule has 5 nitrogen and oxygen atoms in total. The smallest absolute Gasteiger partial charge is 0.265 e. The normalized spacial score (nSPS) is 8.33. The molecule has 96 valence electrons. The van der Waals surface area contributed by atoms with Crippen LogP contribution in [0.15, 0.2) is 0 Å². The van der Waals surface area contributed by atoms with Crippen molar-refractivity contribution in [3.63, 3.8) is 0 Å². The van der Waals surface area contributed by atoms with E-state index in [1.54, 1.807) is 13.8 Å². The van der Waals surface area contributed by atoms with Crippen LogP contribution in [-0.2, 0) is 14.9 Å². The van der Waals surface area contributed by atoms with E-state index < -0.39 is 10.1 Å². The Balaban J connectivity index is -0.0000000726. The highest BCUT2D eigenvalue weighted by Crippen LogP contribution is 1.95. The third kappa shape index (κ3) is 87.5. The number of carbonyl (C=O) groups excluding carboxylic acids is 1. The van der Waals surface area contributed by atoms with Gasteiger partial charge in [0.15, 0.2) is 0 Å². The molecule has 0 spiro atoms. The van der Waals surface area contributed by atoms with Gasteiger partial charge in [-0.2, -0.15) is 8.42 Å². The summed E-state index contributed by atoms with van der Waals surface area (Å²) >= 11 is 0. The van der Waals surface area contributed by atoms with Gasteiger partial charge in [0.25, 0.3) is 10.1 Å². The quantitative estimate of drug-likeness (QED) is 0.563. The average molecular weight is 243 g/mol. The van der Waals surface area contributed by atoms with Gasteiger partial charge >= 0.3 is 0 Å². The van der Waals surface area contributed by atoms with Gasteiger partial charge in [-0.3, -0.25) is 4.55 Å². The molecule has 0 aromatic heterocycles. The third-order valence-electron chi connectivity index (χ3n) is 0.544. The second-order valence-corrected chi connectivity index (χ2v) is 3.88. The van der Waals surface area contributed by atoms with Crippen molar-refractivity contribution in [3.8, 4) is 0 Å². The first-order valence-corrected chi connectivity index (χ1v) is 6.37. The van der Waals surface area contributed by atoms with Crippen molar-refractivity contribution in [3.05, 3.63) is 0 Å². The molecule has 3 N–H and O–H groups in total. The molecule has 0 aliphatic carbocycles. The van der Waals surface area contributed by atoms with Gasteiger partial charge in [0.05, 0.1) is 5.75 Å². The van der Waals surface area contributed by atoms with Gasteiger partial charge in [0.2, 0.25) is 0 Å². The van der Waals surface area contributed by atoms with E-state index in [-0.39, 0.29) is 11.7 Å². The lowest BCUT2D eigenvalue weighted by Gasteiger charge is -1.97. The molecule has 0 atom stereocenters. The molecule has 0 amide bonds. The molecule has 0 heterocycles. The Morgan fingerprint density at radius 1 is 1.27 bits per heavy atom. The lowest BCUT2D eigenvalue weighted by molar-refractivity contribution is -0.106. The van der Waals surface area contributed by atoms with Gasteiger partial charge in [-0.25, -0.2) is 0 Å². The molecular formula is C9H25NO4S. The monoisotopic (exact) mass is 243 g/mol. The van der Waals surface area contributed by atoms with Crippen LogP contribution in [0, 0.1) is 5.92 Å². The van der Waals surface area contributed by atoms with E-state index in [1.807, 2.05) is 13.8 Å². The molecule has 0 aromatic carbocycles.